The summed E-state index contributed by atoms with van der Waals surface area (Å²) in [4.78, 5) is 11.7. The number of benzene rings is 1. The summed E-state index contributed by atoms with van der Waals surface area (Å²) in [6.45, 7) is 2.33. The predicted octanol–water partition coefficient (Wildman–Crippen LogP) is 2.86. The van der Waals surface area contributed by atoms with E-state index in [0.717, 1.165) is 6.42 Å². The fraction of sp³-hybridized carbons (Fsp3) is 0.500. The van der Waals surface area contributed by atoms with E-state index in [1.165, 1.54) is 9.34 Å². The Hall–Kier alpha value is -1.36. The highest BCUT2D eigenvalue weighted by molar-refractivity contribution is 7.54. The molecule has 0 aliphatic heterocycles. The second-order valence-corrected chi connectivity index (χ2v) is 7.70. The van der Waals surface area contributed by atoms with E-state index in [2.05, 4.69) is 0 Å². The molecule has 0 radical (unpaired) electrons. The van der Waals surface area contributed by atoms with Gasteiger partial charge >= 0.3 is 13.6 Å². The van der Waals surface area contributed by atoms with Crippen LogP contribution in [0, 0.1) is 0 Å². The third kappa shape index (κ3) is 4.56. The fourth-order valence-electron chi connectivity index (χ4n) is 1.59. The lowest BCUT2D eigenvalue weighted by Crippen LogP contribution is -2.24. The highest BCUT2D eigenvalue weighted by atomic mass is 31.2. The van der Waals surface area contributed by atoms with Gasteiger partial charge in [-0.05, 0) is 58.9 Å². The number of esters is 1. The third-order valence-electron chi connectivity index (χ3n) is 2.76. The Kier molecular flexibility index (Phi) is 6.40. The first-order valence-corrected chi connectivity index (χ1v) is 8.26. The van der Waals surface area contributed by atoms with Crippen molar-refractivity contribution < 1.29 is 18.6 Å². The smallest absolute Gasteiger partial charge is 0.394 e. The van der Waals surface area contributed by atoms with Crippen LogP contribution in [0.4, 0.5) is 0 Å². The standard InChI is InChI=1S/C14H23N2O4P/c1-6-11-19-14(17)12-7-9-13(10-8-12)20-21(18,15(2)3)16(4)5/h7-10H,6,11H2,1-5H3. The zero-order valence-corrected chi connectivity index (χ0v) is 14.1. The lowest BCUT2D eigenvalue weighted by molar-refractivity contribution is 0.0505. The van der Waals surface area contributed by atoms with E-state index >= 15 is 0 Å². The molecule has 0 amide bonds. The quantitative estimate of drug-likeness (QED) is 0.570. The van der Waals surface area contributed by atoms with Gasteiger partial charge in [-0.2, -0.15) is 0 Å². The number of rotatable bonds is 7. The van der Waals surface area contributed by atoms with Crippen LogP contribution in [0.5, 0.6) is 5.75 Å². The molecule has 7 heteroatoms. The number of hydrogen-bond acceptors (Lipinski definition) is 4. The van der Waals surface area contributed by atoms with E-state index in [1.807, 2.05) is 6.92 Å². The molecule has 1 rings (SSSR count). The highest BCUT2D eigenvalue weighted by Gasteiger charge is 2.31. The summed E-state index contributed by atoms with van der Waals surface area (Å²) < 4.78 is 26.4. The Morgan fingerprint density at radius 3 is 2.05 bits per heavy atom. The van der Waals surface area contributed by atoms with Crippen molar-refractivity contribution in [3.8, 4) is 5.75 Å². The van der Waals surface area contributed by atoms with Crippen molar-refractivity contribution in [3.63, 3.8) is 0 Å². The second kappa shape index (κ2) is 7.59. The van der Waals surface area contributed by atoms with Gasteiger partial charge in [0.15, 0.2) is 0 Å². The molecule has 0 N–H and O–H groups in total. The van der Waals surface area contributed by atoms with Gasteiger partial charge in [-0.25, -0.2) is 18.7 Å². The molecule has 0 aromatic heterocycles. The summed E-state index contributed by atoms with van der Waals surface area (Å²) in [5.41, 5.74) is 0.445. The van der Waals surface area contributed by atoms with Crippen molar-refractivity contribution in [1.82, 2.24) is 9.34 Å². The molecule has 0 atom stereocenters. The minimum atomic E-state index is -3.09. The molecule has 21 heavy (non-hydrogen) atoms. The van der Waals surface area contributed by atoms with Crippen LogP contribution >= 0.6 is 7.67 Å². The van der Waals surface area contributed by atoms with Gasteiger partial charge in [0.05, 0.1) is 12.2 Å². The molecule has 6 nitrogen and oxygen atoms in total. The summed E-state index contributed by atoms with van der Waals surface area (Å²) in [7, 11) is 3.68. The Morgan fingerprint density at radius 2 is 1.62 bits per heavy atom. The summed E-state index contributed by atoms with van der Waals surface area (Å²) in [6.07, 6.45) is 0.780. The fourth-order valence-corrected chi connectivity index (χ4v) is 3.03. The van der Waals surface area contributed by atoms with Crippen LogP contribution in [0.2, 0.25) is 0 Å². The number of carbonyl (C=O) groups excluding carboxylic acids is 1. The Bertz CT molecular complexity index is 502. The van der Waals surface area contributed by atoms with Crippen molar-refractivity contribution >= 4 is 13.6 Å². The van der Waals surface area contributed by atoms with Crippen molar-refractivity contribution in [2.45, 2.75) is 13.3 Å². The minimum Gasteiger partial charge on any atom is -0.462 e. The van der Waals surface area contributed by atoms with Gasteiger partial charge in [0.1, 0.15) is 5.75 Å². The van der Waals surface area contributed by atoms with Crippen LogP contribution < -0.4 is 4.52 Å². The topological polar surface area (TPSA) is 59.1 Å². The molecule has 1 aromatic rings. The van der Waals surface area contributed by atoms with Crippen molar-refractivity contribution in [1.29, 1.82) is 0 Å². The van der Waals surface area contributed by atoms with Crippen molar-refractivity contribution in [2.24, 2.45) is 0 Å². The molecular weight excluding hydrogens is 291 g/mol. The van der Waals surface area contributed by atoms with E-state index in [1.54, 1.807) is 52.5 Å². The van der Waals surface area contributed by atoms with Crippen LogP contribution in [0.3, 0.4) is 0 Å². The normalized spacial score (nSPS) is 11.8. The van der Waals surface area contributed by atoms with E-state index in [0.29, 0.717) is 17.9 Å². The summed E-state index contributed by atoms with van der Waals surface area (Å²) in [5.74, 6) is 0.0691. The van der Waals surface area contributed by atoms with Crippen LogP contribution in [0.1, 0.15) is 23.7 Å². The van der Waals surface area contributed by atoms with Crippen molar-refractivity contribution in [2.75, 3.05) is 34.8 Å². The Morgan fingerprint density at radius 1 is 1.10 bits per heavy atom. The monoisotopic (exact) mass is 314 g/mol. The molecule has 0 spiro atoms. The summed E-state index contributed by atoms with van der Waals surface area (Å²) in [6, 6.07) is 6.43. The molecule has 0 aliphatic carbocycles. The predicted molar refractivity (Wildman–Crippen MR) is 82.6 cm³/mol. The molecule has 0 bridgehead atoms. The van der Waals surface area contributed by atoms with E-state index in [-0.39, 0.29) is 5.97 Å². The van der Waals surface area contributed by atoms with Gasteiger partial charge in [0.2, 0.25) is 0 Å². The average molecular weight is 314 g/mol. The molecule has 0 fully saturated rings. The number of hydrogen-bond donors (Lipinski definition) is 0. The van der Waals surface area contributed by atoms with Crippen LogP contribution in [-0.2, 0) is 9.30 Å². The number of nitrogens with zero attached hydrogens (tertiary/aromatic N) is 2. The number of ether oxygens (including phenoxy) is 1. The van der Waals surface area contributed by atoms with Gasteiger partial charge in [-0.15, -0.1) is 0 Å². The van der Waals surface area contributed by atoms with E-state index in [4.69, 9.17) is 9.26 Å². The van der Waals surface area contributed by atoms with Gasteiger partial charge in [0.25, 0.3) is 0 Å². The van der Waals surface area contributed by atoms with Crippen LogP contribution in [0.15, 0.2) is 24.3 Å². The largest absolute Gasteiger partial charge is 0.462 e. The second-order valence-electron chi connectivity index (χ2n) is 4.94. The first-order chi connectivity index (χ1) is 9.81. The summed E-state index contributed by atoms with van der Waals surface area (Å²) in [5, 5.41) is 0. The first-order valence-electron chi connectivity index (χ1n) is 6.73. The lowest BCUT2D eigenvalue weighted by Gasteiger charge is -2.29. The van der Waals surface area contributed by atoms with Gasteiger partial charge in [0, 0.05) is 0 Å². The van der Waals surface area contributed by atoms with Crippen molar-refractivity contribution in [3.05, 3.63) is 29.8 Å². The van der Waals surface area contributed by atoms with Crippen LogP contribution in [0.25, 0.3) is 0 Å². The van der Waals surface area contributed by atoms with Gasteiger partial charge in [-0.3, -0.25) is 0 Å². The molecular formula is C14H23N2O4P. The Balaban J connectivity index is 2.83. The van der Waals surface area contributed by atoms with E-state index < -0.39 is 7.67 Å². The molecule has 0 heterocycles. The SMILES string of the molecule is CCCOC(=O)c1ccc(OP(=O)(N(C)C)N(C)C)cc1. The highest BCUT2D eigenvalue weighted by Crippen LogP contribution is 2.50. The van der Waals surface area contributed by atoms with Gasteiger partial charge < -0.3 is 9.26 Å². The zero-order chi connectivity index (χ0) is 16.0. The maximum absolute atomic E-state index is 12.7. The molecule has 0 saturated heterocycles. The molecule has 118 valence electrons. The maximum Gasteiger partial charge on any atom is 0.394 e. The Labute approximate surface area is 126 Å². The summed E-state index contributed by atoms with van der Waals surface area (Å²) >= 11 is 0. The van der Waals surface area contributed by atoms with Crippen LogP contribution in [-0.4, -0.2) is 50.1 Å². The number of carbonyl (C=O) groups is 1. The first kappa shape index (κ1) is 17.7. The third-order valence-corrected chi connectivity index (χ3v) is 5.23. The minimum absolute atomic E-state index is 0.369. The molecule has 0 unspecified atom stereocenters. The van der Waals surface area contributed by atoms with Gasteiger partial charge in [-0.1, -0.05) is 6.92 Å². The lowest BCUT2D eigenvalue weighted by atomic mass is 10.2. The molecule has 0 aliphatic rings. The zero-order valence-electron chi connectivity index (χ0n) is 13.2. The maximum atomic E-state index is 12.7. The molecule has 0 saturated carbocycles. The molecule has 1 aromatic carbocycles. The average Bonchev–Trinajstić information content (AvgIpc) is 2.45. The van der Waals surface area contributed by atoms with E-state index in [9.17, 15) is 9.36 Å².